The van der Waals surface area contributed by atoms with Crippen molar-refractivity contribution in [3.8, 4) is 11.5 Å². The number of nitrogens with zero attached hydrogens (tertiary/aromatic N) is 4. The monoisotopic (exact) mass is 335 g/mol. The first-order chi connectivity index (χ1) is 10.6. The van der Waals surface area contributed by atoms with Crippen LogP contribution in [0, 0.1) is 0 Å². The Morgan fingerprint density at radius 3 is 2.77 bits per heavy atom. The second kappa shape index (κ2) is 6.08. The van der Waals surface area contributed by atoms with E-state index < -0.39 is 5.91 Å². The van der Waals surface area contributed by atoms with Crippen LogP contribution >= 0.6 is 23.2 Å². The highest BCUT2D eigenvalue weighted by Gasteiger charge is 2.17. The molecule has 0 unspecified atom stereocenters. The molecule has 1 N–H and O–H groups in total. The van der Waals surface area contributed by atoms with E-state index in [1.807, 2.05) is 0 Å². The predicted molar refractivity (Wildman–Crippen MR) is 79.7 cm³/mol. The van der Waals surface area contributed by atoms with Crippen LogP contribution in [0.3, 0.4) is 0 Å². The zero-order valence-electron chi connectivity index (χ0n) is 10.8. The van der Waals surface area contributed by atoms with Crippen LogP contribution in [-0.4, -0.2) is 26.0 Å². The number of hydrogen-bond donors (Lipinski definition) is 1. The minimum atomic E-state index is -0.568. The van der Waals surface area contributed by atoms with Gasteiger partial charge in [-0.25, -0.2) is 4.98 Å². The van der Waals surface area contributed by atoms with Crippen LogP contribution < -0.4 is 5.32 Å². The Kier molecular flexibility index (Phi) is 3.99. The van der Waals surface area contributed by atoms with Gasteiger partial charge in [0.2, 0.25) is 5.82 Å². The fourth-order valence-electron chi connectivity index (χ4n) is 1.59. The van der Waals surface area contributed by atoms with Crippen LogP contribution in [0.15, 0.2) is 41.3 Å². The number of halogens is 2. The first-order valence-electron chi connectivity index (χ1n) is 6.00. The number of hydrogen-bond acceptors (Lipinski definition) is 6. The largest absolute Gasteiger partial charge is 0.328 e. The number of rotatable bonds is 3. The average molecular weight is 336 g/mol. The quantitative estimate of drug-likeness (QED) is 0.790. The highest BCUT2D eigenvalue weighted by atomic mass is 35.5. The van der Waals surface area contributed by atoms with Crippen molar-refractivity contribution in [2.45, 2.75) is 0 Å². The van der Waals surface area contributed by atoms with Crippen molar-refractivity contribution in [3.05, 3.63) is 52.7 Å². The third-order valence-corrected chi connectivity index (χ3v) is 3.33. The van der Waals surface area contributed by atoms with Crippen molar-refractivity contribution in [1.29, 1.82) is 0 Å². The molecule has 9 heteroatoms. The first kappa shape index (κ1) is 14.4. The van der Waals surface area contributed by atoms with Crippen molar-refractivity contribution >= 4 is 34.8 Å². The molecule has 0 saturated heterocycles. The van der Waals surface area contributed by atoms with Crippen LogP contribution in [-0.2, 0) is 0 Å². The molecule has 0 fully saturated rings. The third-order valence-electron chi connectivity index (χ3n) is 2.59. The molecule has 7 nitrogen and oxygen atoms in total. The Bertz CT molecular complexity index is 822. The number of nitrogens with one attached hydrogen (secondary N) is 1. The molecular formula is C13H7Cl2N5O2. The van der Waals surface area contributed by atoms with E-state index in [0.29, 0.717) is 21.4 Å². The number of carbonyl (C=O) groups is 1. The van der Waals surface area contributed by atoms with Gasteiger partial charge in [-0.1, -0.05) is 28.4 Å². The summed E-state index contributed by atoms with van der Waals surface area (Å²) in [6.07, 6.45) is 4.47. The summed E-state index contributed by atoms with van der Waals surface area (Å²) in [6.45, 7) is 0. The Labute approximate surface area is 134 Å². The smallest absolute Gasteiger partial charge is 0.316 e. The van der Waals surface area contributed by atoms with Crippen LogP contribution in [0.4, 0.5) is 5.69 Å². The van der Waals surface area contributed by atoms with E-state index in [1.54, 1.807) is 12.1 Å². The van der Waals surface area contributed by atoms with E-state index in [-0.39, 0.29) is 11.7 Å². The second-order valence-corrected chi connectivity index (χ2v) is 4.91. The maximum atomic E-state index is 12.0. The summed E-state index contributed by atoms with van der Waals surface area (Å²) in [6, 6.07) is 4.69. The third kappa shape index (κ3) is 3.05. The van der Waals surface area contributed by atoms with Gasteiger partial charge in [0.05, 0.1) is 16.2 Å². The Balaban J connectivity index is 1.78. The lowest BCUT2D eigenvalue weighted by Gasteiger charge is -2.03. The summed E-state index contributed by atoms with van der Waals surface area (Å²) in [5, 5.41) is 6.98. The fraction of sp³-hybridized carbons (Fsp3) is 0. The molecule has 1 amide bonds. The molecule has 0 saturated carbocycles. The maximum absolute atomic E-state index is 12.0. The molecule has 1 aromatic carbocycles. The van der Waals surface area contributed by atoms with Crippen molar-refractivity contribution in [3.63, 3.8) is 0 Å². The topological polar surface area (TPSA) is 93.8 Å². The van der Waals surface area contributed by atoms with E-state index in [2.05, 4.69) is 25.4 Å². The van der Waals surface area contributed by atoms with Crippen LogP contribution in [0.2, 0.25) is 10.0 Å². The molecule has 3 aromatic rings. The molecule has 0 bridgehead atoms. The minimum absolute atomic E-state index is 0.174. The van der Waals surface area contributed by atoms with Gasteiger partial charge in [-0.3, -0.25) is 9.78 Å². The number of amides is 1. The van der Waals surface area contributed by atoms with Crippen LogP contribution in [0.25, 0.3) is 11.5 Å². The molecule has 2 heterocycles. The summed E-state index contributed by atoms with van der Waals surface area (Å²) in [5.41, 5.74) is 0.860. The number of aromatic nitrogens is 4. The highest BCUT2D eigenvalue weighted by Crippen LogP contribution is 2.25. The first-order valence-corrected chi connectivity index (χ1v) is 6.75. The van der Waals surface area contributed by atoms with Gasteiger partial charge in [-0.05, 0) is 18.2 Å². The molecule has 22 heavy (non-hydrogen) atoms. The van der Waals surface area contributed by atoms with Crippen molar-refractivity contribution < 1.29 is 9.32 Å². The molecule has 0 aliphatic rings. The van der Waals surface area contributed by atoms with Gasteiger partial charge in [-0.15, -0.1) is 0 Å². The molecule has 3 rings (SSSR count). The van der Waals surface area contributed by atoms with Crippen molar-refractivity contribution in [2.75, 3.05) is 5.32 Å². The van der Waals surface area contributed by atoms with Gasteiger partial charge in [0, 0.05) is 18.1 Å². The molecule has 0 atom stereocenters. The van der Waals surface area contributed by atoms with Gasteiger partial charge < -0.3 is 9.84 Å². The van der Waals surface area contributed by atoms with Crippen molar-refractivity contribution in [2.24, 2.45) is 0 Å². The van der Waals surface area contributed by atoms with Crippen molar-refractivity contribution in [1.82, 2.24) is 20.1 Å². The number of benzene rings is 1. The standard InChI is InChI=1S/C13H7Cl2N5O2/c14-8-2-1-7(5-9(8)15)18-12(21)13-19-11(20-22-13)10-6-16-3-4-17-10/h1-6H,(H,18,21). The van der Waals surface area contributed by atoms with E-state index >= 15 is 0 Å². The van der Waals surface area contributed by atoms with Gasteiger partial charge in [0.1, 0.15) is 5.69 Å². The van der Waals surface area contributed by atoms with E-state index in [0.717, 1.165) is 0 Å². The SMILES string of the molecule is O=C(Nc1ccc(Cl)c(Cl)c1)c1nc(-c2cnccn2)no1. The second-order valence-electron chi connectivity index (χ2n) is 4.10. The molecule has 0 aliphatic carbocycles. The number of anilines is 1. The molecular weight excluding hydrogens is 329 g/mol. The lowest BCUT2D eigenvalue weighted by Crippen LogP contribution is -2.12. The van der Waals surface area contributed by atoms with E-state index in [1.165, 1.54) is 24.7 Å². The molecule has 0 radical (unpaired) electrons. The Morgan fingerprint density at radius 1 is 1.18 bits per heavy atom. The Morgan fingerprint density at radius 2 is 2.05 bits per heavy atom. The van der Waals surface area contributed by atoms with Gasteiger partial charge in [0.25, 0.3) is 0 Å². The summed E-state index contributed by atoms with van der Waals surface area (Å²) in [5.74, 6) is -0.597. The van der Waals surface area contributed by atoms with Crippen LogP contribution in [0.5, 0.6) is 0 Å². The molecule has 2 aromatic heterocycles. The summed E-state index contributed by atoms with van der Waals surface area (Å²) in [7, 11) is 0. The summed E-state index contributed by atoms with van der Waals surface area (Å²) < 4.78 is 4.91. The maximum Gasteiger partial charge on any atom is 0.316 e. The molecule has 110 valence electrons. The van der Waals surface area contributed by atoms with Crippen LogP contribution in [0.1, 0.15) is 10.7 Å². The fourth-order valence-corrected chi connectivity index (χ4v) is 1.89. The molecule has 0 spiro atoms. The zero-order valence-corrected chi connectivity index (χ0v) is 12.3. The van der Waals surface area contributed by atoms with E-state index in [9.17, 15) is 4.79 Å². The van der Waals surface area contributed by atoms with E-state index in [4.69, 9.17) is 27.7 Å². The number of carbonyl (C=O) groups excluding carboxylic acids is 1. The normalized spacial score (nSPS) is 10.5. The average Bonchev–Trinajstić information content (AvgIpc) is 3.02. The van der Waals surface area contributed by atoms with Gasteiger partial charge in [0.15, 0.2) is 0 Å². The highest BCUT2D eigenvalue weighted by molar-refractivity contribution is 6.42. The summed E-state index contributed by atoms with van der Waals surface area (Å²) in [4.78, 5) is 23.9. The summed E-state index contributed by atoms with van der Waals surface area (Å²) >= 11 is 11.7. The molecule has 0 aliphatic heterocycles. The zero-order chi connectivity index (χ0) is 15.5. The lowest BCUT2D eigenvalue weighted by atomic mass is 10.3. The van der Waals surface area contributed by atoms with Gasteiger partial charge in [-0.2, -0.15) is 4.98 Å². The Hall–Kier alpha value is -2.51. The van der Waals surface area contributed by atoms with Gasteiger partial charge >= 0.3 is 11.8 Å². The predicted octanol–water partition coefficient (Wildman–Crippen LogP) is 3.09. The lowest BCUT2D eigenvalue weighted by molar-refractivity contribution is 0.0981. The minimum Gasteiger partial charge on any atom is -0.328 e.